The van der Waals surface area contributed by atoms with Gasteiger partial charge in [0.05, 0.1) is 15.5 Å². The Kier molecular flexibility index (Phi) is 3.85. The number of rotatable bonds is 4. The van der Waals surface area contributed by atoms with E-state index in [1.54, 1.807) is 4.90 Å². The van der Waals surface area contributed by atoms with Crippen LogP contribution >= 0.6 is 11.6 Å². The zero-order valence-corrected chi connectivity index (χ0v) is 12.0. The Bertz CT molecular complexity index is 611. The topological polar surface area (TPSA) is 80.5 Å². The second kappa shape index (κ2) is 5.11. The summed E-state index contributed by atoms with van der Waals surface area (Å²) in [5.74, 6) is -0.250. The van der Waals surface area contributed by atoms with Crippen molar-refractivity contribution >= 4 is 27.5 Å². The fraction of sp³-hybridized carbons (Fsp3) is 0.417. The molecule has 0 bridgehead atoms. The van der Waals surface area contributed by atoms with Gasteiger partial charge in [-0.05, 0) is 38.0 Å². The van der Waals surface area contributed by atoms with Crippen LogP contribution < -0.4 is 5.14 Å². The lowest BCUT2D eigenvalue weighted by molar-refractivity contribution is 0.0752. The van der Waals surface area contributed by atoms with Crippen LogP contribution in [0.25, 0.3) is 0 Å². The van der Waals surface area contributed by atoms with Crippen molar-refractivity contribution in [3.8, 4) is 0 Å². The third kappa shape index (κ3) is 3.08. The number of benzene rings is 1. The molecule has 0 spiro atoms. The summed E-state index contributed by atoms with van der Waals surface area (Å²) in [7, 11) is -3.84. The van der Waals surface area contributed by atoms with Crippen molar-refractivity contribution in [2.75, 3.05) is 6.54 Å². The van der Waals surface area contributed by atoms with Crippen molar-refractivity contribution < 1.29 is 13.2 Å². The smallest absolute Gasteiger partial charge is 0.255 e. The Morgan fingerprint density at radius 2 is 2.11 bits per heavy atom. The number of nitrogens with two attached hydrogens (primary N) is 1. The molecule has 1 aromatic carbocycles. The average molecular weight is 303 g/mol. The molecular formula is C12H15ClN2O3S. The maximum atomic E-state index is 12.4. The molecule has 1 amide bonds. The van der Waals surface area contributed by atoms with E-state index in [1.807, 2.05) is 6.92 Å². The van der Waals surface area contributed by atoms with Crippen LogP contribution in [0.5, 0.6) is 0 Å². The van der Waals surface area contributed by atoms with Crippen LogP contribution in [0.3, 0.4) is 0 Å². The van der Waals surface area contributed by atoms with Crippen LogP contribution in [0.4, 0.5) is 0 Å². The van der Waals surface area contributed by atoms with Gasteiger partial charge in [0.2, 0.25) is 10.0 Å². The molecule has 1 aromatic rings. The molecular weight excluding hydrogens is 288 g/mol. The predicted octanol–water partition coefficient (Wildman–Crippen LogP) is 1.61. The summed E-state index contributed by atoms with van der Waals surface area (Å²) in [5, 5.41) is 5.29. The molecule has 0 aromatic heterocycles. The summed E-state index contributed by atoms with van der Waals surface area (Å²) >= 11 is 5.98. The number of hydrogen-bond acceptors (Lipinski definition) is 3. The second-order valence-electron chi connectivity index (χ2n) is 4.51. The number of hydrogen-bond donors (Lipinski definition) is 1. The minimum absolute atomic E-state index is 0.105. The Morgan fingerprint density at radius 3 is 2.58 bits per heavy atom. The first kappa shape index (κ1) is 14.3. The highest BCUT2D eigenvalue weighted by Crippen LogP contribution is 2.30. The molecule has 104 valence electrons. The van der Waals surface area contributed by atoms with E-state index in [4.69, 9.17) is 16.7 Å². The Morgan fingerprint density at radius 1 is 1.47 bits per heavy atom. The number of nitrogens with zero attached hydrogens (tertiary/aromatic N) is 1. The lowest BCUT2D eigenvalue weighted by atomic mass is 10.2. The minimum Gasteiger partial charge on any atom is -0.336 e. The van der Waals surface area contributed by atoms with E-state index in [-0.39, 0.29) is 27.4 Å². The van der Waals surface area contributed by atoms with Crippen LogP contribution in [-0.2, 0) is 10.0 Å². The van der Waals surface area contributed by atoms with E-state index < -0.39 is 10.0 Å². The highest BCUT2D eigenvalue weighted by molar-refractivity contribution is 7.89. The summed E-state index contributed by atoms with van der Waals surface area (Å²) in [5.41, 5.74) is 0.182. The largest absolute Gasteiger partial charge is 0.336 e. The van der Waals surface area contributed by atoms with Crippen molar-refractivity contribution in [1.82, 2.24) is 4.90 Å². The van der Waals surface area contributed by atoms with Crippen LogP contribution in [0.1, 0.15) is 30.1 Å². The third-order valence-electron chi connectivity index (χ3n) is 3.09. The van der Waals surface area contributed by atoms with Crippen LogP contribution in [0, 0.1) is 0 Å². The lowest BCUT2D eigenvalue weighted by Crippen LogP contribution is -2.33. The molecule has 1 aliphatic carbocycles. The molecule has 2 rings (SSSR count). The number of carbonyl (C=O) groups excluding carboxylic acids is 1. The van der Waals surface area contributed by atoms with Gasteiger partial charge in [-0.2, -0.15) is 0 Å². The maximum Gasteiger partial charge on any atom is 0.255 e. The first-order valence-electron chi connectivity index (χ1n) is 5.98. The molecule has 1 saturated carbocycles. The number of carbonyl (C=O) groups is 1. The first-order valence-corrected chi connectivity index (χ1v) is 7.90. The zero-order chi connectivity index (χ0) is 14.2. The monoisotopic (exact) mass is 302 g/mol. The molecule has 0 unspecified atom stereocenters. The second-order valence-corrected chi connectivity index (χ2v) is 6.48. The van der Waals surface area contributed by atoms with Gasteiger partial charge in [-0.3, -0.25) is 4.79 Å². The fourth-order valence-corrected chi connectivity index (χ4v) is 2.69. The number of primary sulfonamides is 1. The summed E-state index contributed by atoms with van der Waals surface area (Å²) in [6, 6.07) is 4.16. The molecule has 19 heavy (non-hydrogen) atoms. The molecule has 2 N–H and O–H groups in total. The fourth-order valence-electron chi connectivity index (χ4n) is 1.95. The highest BCUT2D eigenvalue weighted by Gasteiger charge is 2.32. The number of amides is 1. The third-order valence-corrected chi connectivity index (χ3v) is 4.33. The molecule has 5 nitrogen and oxygen atoms in total. The Labute approximate surface area is 117 Å². The van der Waals surface area contributed by atoms with Gasteiger partial charge in [-0.15, -0.1) is 0 Å². The lowest BCUT2D eigenvalue weighted by Gasteiger charge is -2.21. The van der Waals surface area contributed by atoms with E-state index >= 15 is 0 Å². The van der Waals surface area contributed by atoms with E-state index in [0.717, 1.165) is 12.8 Å². The maximum absolute atomic E-state index is 12.4. The van der Waals surface area contributed by atoms with Gasteiger partial charge in [-0.1, -0.05) is 11.6 Å². The van der Waals surface area contributed by atoms with E-state index in [2.05, 4.69) is 0 Å². The summed E-state index contributed by atoms with van der Waals surface area (Å²) in [4.78, 5) is 14.0. The van der Waals surface area contributed by atoms with Gasteiger partial charge in [0.15, 0.2) is 0 Å². The van der Waals surface area contributed by atoms with Crippen LogP contribution in [0.15, 0.2) is 23.1 Å². The highest BCUT2D eigenvalue weighted by atomic mass is 35.5. The van der Waals surface area contributed by atoms with Gasteiger partial charge >= 0.3 is 0 Å². The molecule has 1 aliphatic rings. The van der Waals surface area contributed by atoms with Crippen molar-refractivity contribution in [3.05, 3.63) is 28.8 Å². The quantitative estimate of drug-likeness (QED) is 0.917. The van der Waals surface area contributed by atoms with Crippen LogP contribution in [-0.4, -0.2) is 31.8 Å². The van der Waals surface area contributed by atoms with Crippen molar-refractivity contribution in [1.29, 1.82) is 0 Å². The summed E-state index contributed by atoms with van der Waals surface area (Å²) in [6.45, 7) is 2.45. The molecule has 0 radical (unpaired) electrons. The Hall–Kier alpha value is -1.11. The van der Waals surface area contributed by atoms with Gasteiger partial charge in [0.1, 0.15) is 0 Å². The molecule has 7 heteroatoms. The van der Waals surface area contributed by atoms with Gasteiger partial charge in [0.25, 0.3) is 5.91 Å². The summed E-state index contributed by atoms with van der Waals surface area (Å²) in [6.07, 6.45) is 1.96. The first-order chi connectivity index (χ1) is 8.84. The SMILES string of the molecule is CCN(C(=O)c1cc(S(N)(=O)=O)ccc1Cl)C1CC1. The Balaban J connectivity index is 2.40. The van der Waals surface area contributed by atoms with Crippen molar-refractivity contribution in [2.45, 2.75) is 30.7 Å². The minimum atomic E-state index is -3.84. The normalized spacial score (nSPS) is 15.3. The van der Waals surface area contributed by atoms with Gasteiger partial charge in [0, 0.05) is 12.6 Å². The van der Waals surface area contributed by atoms with E-state index in [9.17, 15) is 13.2 Å². The number of sulfonamides is 1. The molecule has 0 atom stereocenters. The van der Waals surface area contributed by atoms with Gasteiger partial charge in [-0.25, -0.2) is 13.6 Å². The van der Waals surface area contributed by atoms with Gasteiger partial charge < -0.3 is 4.90 Å². The van der Waals surface area contributed by atoms with Crippen molar-refractivity contribution in [3.63, 3.8) is 0 Å². The zero-order valence-electron chi connectivity index (χ0n) is 10.5. The van der Waals surface area contributed by atoms with E-state index in [0.29, 0.717) is 6.54 Å². The predicted molar refractivity (Wildman–Crippen MR) is 72.6 cm³/mol. The average Bonchev–Trinajstić information content (AvgIpc) is 3.13. The van der Waals surface area contributed by atoms with E-state index in [1.165, 1.54) is 18.2 Å². The molecule has 0 saturated heterocycles. The molecule has 0 heterocycles. The molecule has 1 fully saturated rings. The standard InChI is InChI=1S/C12H15ClN2O3S/c1-2-15(8-3-4-8)12(16)10-7-9(19(14,17)18)5-6-11(10)13/h5-8H,2-4H2,1H3,(H2,14,17,18). The summed E-state index contributed by atoms with van der Waals surface area (Å²) < 4.78 is 22.6. The molecule has 0 aliphatic heterocycles. The van der Waals surface area contributed by atoms with Crippen LogP contribution in [0.2, 0.25) is 5.02 Å². The number of halogens is 1. The van der Waals surface area contributed by atoms with Crippen molar-refractivity contribution in [2.24, 2.45) is 5.14 Å².